The largest absolute Gasteiger partial charge is 0.469 e. The molecule has 0 aromatic heterocycles. The molecule has 0 spiro atoms. The van der Waals surface area contributed by atoms with E-state index in [9.17, 15) is 9.59 Å². The van der Waals surface area contributed by atoms with E-state index in [1.807, 2.05) is 18.2 Å². The van der Waals surface area contributed by atoms with Crippen LogP contribution in [0.15, 0.2) is 24.3 Å². The van der Waals surface area contributed by atoms with Gasteiger partial charge in [-0.05, 0) is 17.7 Å². The lowest BCUT2D eigenvalue weighted by molar-refractivity contribution is -0.152. The minimum atomic E-state index is -0.460. The van der Waals surface area contributed by atoms with Crippen molar-refractivity contribution in [3.8, 4) is 0 Å². The lowest BCUT2D eigenvalue weighted by Crippen LogP contribution is -2.36. The zero-order valence-corrected chi connectivity index (χ0v) is 12.6. The van der Waals surface area contributed by atoms with Crippen LogP contribution in [0.1, 0.15) is 12.0 Å². The second-order valence-electron chi connectivity index (χ2n) is 4.50. The minimum Gasteiger partial charge on any atom is -0.469 e. The third kappa shape index (κ3) is 4.15. The molecule has 1 fully saturated rings. The molecule has 1 aliphatic heterocycles. The molecule has 0 bridgehead atoms. The summed E-state index contributed by atoms with van der Waals surface area (Å²) in [5, 5.41) is 0.207. The first-order valence-corrected chi connectivity index (χ1v) is 7.64. The fourth-order valence-corrected chi connectivity index (χ4v) is 3.26. The summed E-state index contributed by atoms with van der Waals surface area (Å²) in [7, 11) is 1.31. The van der Waals surface area contributed by atoms with Crippen LogP contribution in [0, 0.1) is 0 Å². The Hall–Kier alpha value is -1.20. The number of cyclic esters (lactones) is 1. The second kappa shape index (κ2) is 6.99. The van der Waals surface area contributed by atoms with Crippen molar-refractivity contribution in [2.24, 2.45) is 0 Å². The van der Waals surface area contributed by atoms with Crippen molar-refractivity contribution in [1.82, 2.24) is 0 Å². The van der Waals surface area contributed by atoms with Crippen LogP contribution in [0.4, 0.5) is 0 Å². The van der Waals surface area contributed by atoms with Crippen LogP contribution in [0.5, 0.6) is 0 Å². The van der Waals surface area contributed by atoms with Crippen LogP contribution in [0.2, 0.25) is 5.02 Å². The Labute approximate surface area is 126 Å². The molecular formula is C14H15ClO4S. The lowest BCUT2D eigenvalue weighted by atomic mass is 10.1. The van der Waals surface area contributed by atoms with E-state index >= 15 is 0 Å². The summed E-state index contributed by atoms with van der Waals surface area (Å²) < 4.78 is 9.94. The number of benzene rings is 1. The van der Waals surface area contributed by atoms with Crippen molar-refractivity contribution < 1.29 is 19.1 Å². The van der Waals surface area contributed by atoms with Crippen LogP contribution in [0.25, 0.3) is 0 Å². The van der Waals surface area contributed by atoms with Gasteiger partial charge in [-0.25, -0.2) is 0 Å². The molecule has 1 aromatic carbocycles. The number of methoxy groups -OCH3 is 1. The first-order chi connectivity index (χ1) is 9.58. The lowest BCUT2D eigenvalue weighted by Gasteiger charge is -2.27. The summed E-state index contributed by atoms with van der Waals surface area (Å²) in [6.07, 6.45) is 0.508. The molecule has 1 aliphatic rings. The topological polar surface area (TPSA) is 52.6 Å². The zero-order chi connectivity index (χ0) is 14.5. The SMILES string of the molecule is COC(=O)CC1SCC(Cc2cccc(Cl)c2)OC1=O. The van der Waals surface area contributed by atoms with Gasteiger partial charge in [0.15, 0.2) is 0 Å². The molecule has 20 heavy (non-hydrogen) atoms. The van der Waals surface area contributed by atoms with Crippen LogP contribution in [-0.2, 0) is 25.5 Å². The number of rotatable bonds is 4. The minimum absolute atomic E-state index is 0.0594. The number of halogens is 1. The van der Waals surface area contributed by atoms with Crippen molar-refractivity contribution >= 4 is 35.3 Å². The Bertz CT molecular complexity index is 506. The molecule has 2 rings (SSSR count). The second-order valence-corrected chi connectivity index (χ2v) is 6.17. The average Bonchev–Trinajstić information content (AvgIpc) is 2.41. The molecule has 0 amide bonds. The normalized spacial score (nSPS) is 22.2. The molecule has 2 unspecified atom stereocenters. The van der Waals surface area contributed by atoms with Gasteiger partial charge in [0.2, 0.25) is 0 Å². The maximum Gasteiger partial charge on any atom is 0.319 e. The fraction of sp³-hybridized carbons (Fsp3) is 0.429. The number of ether oxygens (including phenoxy) is 2. The summed E-state index contributed by atoms with van der Waals surface area (Å²) in [4.78, 5) is 23.0. The summed E-state index contributed by atoms with van der Waals surface area (Å²) in [6, 6.07) is 7.49. The van der Waals surface area contributed by atoms with Crippen LogP contribution in [0.3, 0.4) is 0 Å². The predicted octanol–water partition coefficient (Wildman–Crippen LogP) is 2.47. The van der Waals surface area contributed by atoms with Crippen LogP contribution >= 0.6 is 23.4 Å². The van der Waals surface area contributed by atoms with Crippen molar-refractivity contribution in [2.75, 3.05) is 12.9 Å². The summed E-state index contributed by atoms with van der Waals surface area (Å²) >= 11 is 7.36. The van der Waals surface area contributed by atoms with Crippen molar-refractivity contribution in [1.29, 1.82) is 0 Å². The number of esters is 2. The van der Waals surface area contributed by atoms with E-state index in [2.05, 4.69) is 4.74 Å². The van der Waals surface area contributed by atoms with E-state index in [0.717, 1.165) is 5.56 Å². The predicted molar refractivity (Wildman–Crippen MR) is 77.9 cm³/mol. The molecular weight excluding hydrogens is 300 g/mol. The highest BCUT2D eigenvalue weighted by Gasteiger charge is 2.32. The number of carbonyl (C=O) groups excluding carboxylic acids is 2. The quantitative estimate of drug-likeness (QED) is 0.799. The van der Waals surface area contributed by atoms with Crippen LogP contribution in [-0.4, -0.2) is 36.2 Å². The van der Waals surface area contributed by atoms with E-state index in [0.29, 0.717) is 17.2 Å². The standard InChI is InChI=1S/C14H15ClO4S/c1-18-13(16)7-12-14(17)19-11(8-20-12)6-9-3-2-4-10(15)5-9/h2-5,11-12H,6-8H2,1H3. The zero-order valence-electron chi connectivity index (χ0n) is 11.0. The molecule has 4 nitrogen and oxygen atoms in total. The Balaban J connectivity index is 1.89. The monoisotopic (exact) mass is 314 g/mol. The maximum absolute atomic E-state index is 11.8. The Morgan fingerprint density at radius 3 is 3.00 bits per heavy atom. The highest BCUT2D eigenvalue weighted by atomic mass is 35.5. The van der Waals surface area contributed by atoms with E-state index in [1.165, 1.54) is 18.9 Å². The molecule has 2 atom stereocenters. The molecule has 1 heterocycles. The van der Waals surface area contributed by atoms with Crippen LogP contribution < -0.4 is 0 Å². The summed E-state index contributed by atoms with van der Waals surface area (Å²) in [5.74, 6) is -0.0775. The molecule has 0 saturated carbocycles. The maximum atomic E-state index is 11.8. The number of thioether (sulfide) groups is 1. The average molecular weight is 315 g/mol. The third-order valence-electron chi connectivity index (χ3n) is 2.96. The Morgan fingerprint density at radius 2 is 2.35 bits per heavy atom. The van der Waals surface area contributed by atoms with Gasteiger partial charge in [-0.15, -0.1) is 11.8 Å². The van der Waals surface area contributed by atoms with Crippen molar-refractivity contribution in [2.45, 2.75) is 24.2 Å². The molecule has 108 valence electrons. The molecule has 6 heteroatoms. The Kier molecular flexibility index (Phi) is 5.31. The molecule has 0 radical (unpaired) electrons. The summed E-state index contributed by atoms with van der Waals surface area (Å²) in [5.41, 5.74) is 1.03. The Morgan fingerprint density at radius 1 is 1.55 bits per heavy atom. The van der Waals surface area contributed by atoms with E-state index in [4.69, 9.17) is 16.3 Å². The van der Waals surface area contributed by atoms with Gasteiger partial charge >= 0.3 is 11.9 Å². The highest BCUT2D eigenvalue weighted by molar-refractivity contribution is 8.00. The molecule has 1 saturated heterocycles. The highest BCUT2D eigenvalue weighted by Crippen LogP contribution is 2.27. The molecule has 0 N–H and O–H groups in total. The van der Waals surface area contributed by atoms with E-state index in [1.54, 1.807) is 6.07 Å². The van der Waals surface area contributed by atoms with Gasteiger partial charge in [0.1, 0.15) is 11.4 Å². The molecule has 1 aromatic rings. The van der Waals surface area contributed by atoms with Gasteiger partial charge in [0, 0.05) is 17.2 Å². The number of hydrogen-bond donors (Lipinski definition) is 0. The third-order valence-corrected chi connectivity index (χ3v) is 4.52. The first kappa shape index (κ1) is 15.2. The van der Waals surface area contributed by atoms with Gasteiger partial charge < -0.3 is 9.47 Å². The smallest absolute Gasteiger partial charge is 0.319 e. The van der Waals surface area contributed by atoms with Crippen molar-refractivity contribution in [3.63, 3.8) is 0 Å². The number of carbonyl (C=O) groups is 2. The van der Waals surface area contributed by atoms with Gasteiger partial charge in [-0.2, -0.15) is 0 Å². The number of hydrogen-bond acceptors (Lipinski definition) is 5. The summed E-state index contributed by atoms with van der Waals surface area (Å²) in [6.45, 7) is 0. The van der Waals surface area contributed by atoms with Gasteiger partial charge in [0.05, 0.1) is 13.5 Å². The van der Waals surface area contributed by atoms with E-state index in [-0.39, 0.29) is 18.5 Å². The van der Waals surface area contributed by atoms with E-state index < -0.39 is 11.2 Å². The van der Waals surface area contributed by atoms with Crippen molar-refractivity contribution in [3.05, 3.63) is 34.9 Å². The fourth-order valence-electron chi connectivity index (χ4n) is 1.97. The van der Waals surface area contributed by atoms with Gasteiger partial charge in [0.25, 0.3) is 0 Å². The van der Waals surface area contributed by atoms with Gasteiger partial charge in [-0.1, -0.05) is 23.7 Å². The molecule has 0 aliphatic carbocycles. The van der Waals surface area contributed by atoms with Gasteiger partial charge in [-0.3, -0.25) is 9.59 Å². The first-order valence-electron chi connectivity index (χ1n) is 6.22.